The van der Waals surface area contributed by atoms with Gasteiger partial charge in [0.1, 0.15) is 18.4 Å². The highest BCUT2D eigenvalue weighted by Crippen LogP contribution is 2.48. The Bertz CT molecular complexity index is 1090. The molecule has 8 heteroatoms. The van der Waals surface area contributed by atoms with Gasteiger partial charge >= 0.3 is 0 Å². The third-order valence-electron chi connectivity index (χ3n) is 6.22. The third kappa shape index (κ3) is 3.55. The average Bonchev–Trinajstić information content (AvgIpc) is 3.16. The summed E-state index contributed by atoms with van der Waals surface area (Å²) in [5.74, 6) is 0.808. The highest BCUT2D eigenvalue weighted by molar-refractivity contribution is 5.81. The first-order chi connectivity index (χ1) is 14.1. The second-order valence-corrected chi connectivity index (χ2v) is 8.19. The number of nitrogens with zero attached hydrogens (tertiary/aromatic N) is 5. The van der Waals surface area contributed by atoms with Crippen molar-refractivity contribution in [1.82, 2.24) is 19.7 Å². The minimum Gasteiger partial charge on any atom is -0.372 e. The molecule has 0 amide bonds. The van der Waals surface area contributed by atoms with Crippen LogP contribution in [0.5, 0.6) is 0 Å². The molecule has 150 valence electrons. The molecule has 29 heavy (non-hydrogen) atoms. The number of aromatic nitrogens is 4. The van der Waals surface area contributed by atoms with Crippen LogP contribution in [-0.2, 0) is 6.54 Å². The summed E-state index contributed by atoms with van der Waals surface area (Å²) >= 11 is 0. The van der Waals surface area contributed by atoms with Crippen LogP contribution in [0.25, 0.3) is 10.9 Å². The maximum absolute atomic E-state index is 12.3. The van der Waals surface area contributed by atoms with Crippen molar-refractivity contribution < 1.29 is 5.11 Å². The molecule has 1 saturated heterocycles. The number of hydrogen-bond acceptors (Lipinski definition) is 7. The van der Waals surface area contributed by atoms with Gasteiger partial charge in [-0.3, -0.25) is 4.79 Å². The zero-order chi connectivity index (χ0) is 19.8. The third-order valence-corrected chi connectivity index (χ3v) is 6.22. The van der Waals surface area contributed by atoms with Gasteiger partial charge < -0.3 is 15.3 Å². The van der Waals surface area contributed by atoms with Crippen molar-refractivity contribution in [3.63, 3.8) is 0 Å². The van der Waals surface area contributed by atoms with Gasteiger partial charge in [-0.05, 0) is 48.9 Å². The zero-order valence-corrected chi connectivity index (χ0v) is 16.2. The predicted octanol–water partition coefficient (Wildman–Crippen LogP) is 2.00. The smallest absolute Gasteiger partial charge is 0.267 e. The van der Waals surface area contributed by atoms with Crippen molar-refractivity contribution in [2.24, 2.45) is 5.41 Å². The lowest BCUT2D eigenvalue weighted by Crippen LogP contribution is -2.36. The minimum absolute atomic E-state index is 0.0630. The highest BCUT2D eigenvalue weighted by atomic mass is 16.3. The number of aliphatic hydroxyl groups is 1. The molecule has 3 aromatic rings. The van der Waals surface area contributed by atoms with E-state index in [0.29, 0.717) is 5.41 Å². The van der Waals surface area contributed by atoms with Gasteiger partial charge in [0.15, 0.2) is 0 Å². The molecule has 2 aliphatic rings. The van der Waals surface area contributed by atoms with Crippen molar-refractivity contribution in [2.45, 2.75) is 38.5 Å². The van der Waals surface area contributed by atoms with E-state index < -0.39 is 6.23 Å². The van der Waals surface area contributed by atoms with Gasteiger partial charge in [-0.25, -0.2) is 14.6 Å². The van der Waals surface area contributed by atoms with Crippen LogP contribution in [0.15, 0.2) is 47.7 Å². The van der Waals surface area contributed by atoms with Crippen LogP contribution >= 0.6 is 0 Å². The molecule has 1 aromatic carbocycles. The number of anilines is 2. The standard InChI is InChI=1S/C21H24N6O2/c28-19(24-16-3-2-15-11-22-14-23-17(15)10-16)12-27-20(29)5-4-18(25-27)26-9-8-21(13-26)6-1-7-21/h2-5,10-11,14,19,24,28H,1,6-9,12-13H2. The molecule has 0 radical (unpaired) electrons. The minimum atomic E-state index is -0.953. The summed E-state index contributed by atoms with van der Waals surface area (Å²) in [6, 6.07) is 8.91. The lowest BCUT2D eigenvalue weighted by molar-refractivity contribution is 0.165. The summed E-state index contributed by atoms with van der Waals surface area (Å²) in [7, 11) is 0. The summed E-state index contributed by atoms with van der Waals surface area (Å²) in [5, 5.41) is 18.9. The number of hydrogen-bond donors (Lipinski definition) is 2. The van der Waals surface area contributed by atoms with Crippen molar-refractivity contribution in [3.8, 4) is 0 Å². The Morgan fingerprint density at radius 3 is 2.90 bits per heavy atom. The normalized spacial score (nSPS) is 18.7. The molecule has 1 aliphatic carbocycles. The maximum Gasteiger partial charge on any atom is 0.267 e. The molecule has 3 heterocycles. The Kier molecular flexibility index (Phi) is 4.43. The number of nitrogens with one attached hydrogen (secondary N) is 1. The SMILES string of the molecule is O=c1ccc(N2CCC3(CCC3)C2)nn1CC(O)Nc1ccc2cncnc2c1. The summed E-state index contributed by atoms with van der Waals surface area (Å²) in [6.07, 6.45) is 7.38. The second-order valence-electron chi connectivity index (χ2n) is 8.19. The first kappa shape index (κ1) is 18.1. The largest absolute Gasteiger partial charge is 0.372 e. The van der Waals surface area contributed by atoms with E-state index in [1.54, 1.807) is 12.3 Å². The van der Waals surface area contributed by atoms with Crippen molar-refractivity contribution in [3.05, 3.63) is 53.2 Å². The number of benzene rings is 1. The molecule has 8 nitrogen and oxygen atoms in total. The van der Waals surface area contributed by atoms with E-state index in [1.165, 1.54) is 42.8 Å². The van der Waals surface area contributed by atoms with Gasteiger partial charge in [0.2, 0.25) is 0 Å². The summed E-state index contributed by atoms with van der Waals surface area (Å²) in [6.45, 7) is 2.05. The van der Waals surface area contributed by atoms with Crippen LogP contribution in [0.2, 0.25) is 0 Å². The van der Waals surface area contributed by atoms with Crippen molar-refractivity contribution in [2.75, 3.05) is 23.3 Å². The van der Waals surface area contributed by atoms with E-state index in [2.05, 4.69) is 25.3 Å². The fraction of sp³-hybridized carbons (Fsp3) is 0.429. The average molecular weight is 392 g/mol. The Morgan fingerprint density at radius 2 is 2.10 bits per heavy atom. The van der Waals surface area contributed by atoms with E-state index in [9.17, 15) is 9.90 Å². The molecule has 5 rings (SSSR count). The molecule has 1 atom stereocenters. The van der Waals surface area contributed by atoms with Crippen molar-refractivity contribution in [1.29, 1.82) is 0 Å². The lowest BCUT2D eigenvalue weighted by atomic mass is 9.68. The second kappa shape index (κ2) is 7.11. The molecule has 1 spiro atoms. The zero-order valence-electron chi connectivity index (χ0n) is 16.2. The summed E-state index contributed by atoms with van der Waals surface area (Å²) in [5.41, 5.74) is 1.75. The van der Waals surface area contributed by atoms with E-state index in [-0.39, 0.29) is 12.1 Å². The summed E-state index contributed by atoms with van der Waals surface area (Å²) in [4.78, 5) is 22.7. The molecule has 2 aromatic heterocycles. The fourth-order valence-corrected chi connectivity index (χ4v) is 4.42. The van der Waals surface area contributed by atoms with E-state index >= 15 is 0 Å². The van der Waals surface area contributed by atoms with Gasteiger partial charge in [0.25, 0.3) is 5.56 Å². The Labute approximate surface area is 168 Å². The van der Waals surface area contributed by atoms with Crippen LogP contribution in [0.1, 0.15) is 25.7 Å². The van der Waals surface area contributed by atoms with Crippen LogP contribution in [-0.4, -0.2) is 44.2 Å². The topological polar surface area (TPSA) is 96.2 Å². The van der Waals surface area contributed by atoms with Gasteiger partial charge in [-0.2, -0.15) is 5.10 Å². The van der Waals surface area contributed by atoms with Crippen LogP contribution in [0.4, 0.5) is 11.5 Å². The van der Waals surface area contributed by atoms with E-state index in [4.69, 9.17) is 0 Å². The highest BCUT2D eigenvalue weighted by Gasteiger charge is 2.43. The number of aliphatic hydroxyl groups excluding tert-OH is 1. The molecule has 1 aliphatic heterocycles. The molecular weight excluding hydrogens is 368 g/mol. The van der Waals surface area contributed by atoms with Crippen LogP contribution in [0.3, 0.4) is 0 Å². The molecule has 1 unspecified atom stereocenters. The Balaban J connectivity index is 1.29. The molecule has 2 fully saturated rings. The predicted molar refractivity (Wildman–Crippen MR) is 111 cm³/mol. The van der Waals surface area contributed by atoms with Gasteiger partial charge in [-0.15, -0.1) is 0 Å². The van der Waals surface area contributed by atoms with E-state index in [0.717, 1.165) is 35.5 Å². The molecule has 2 N–H and O–H groups in total. The van der Waals surface area contributed by atoms with E-state index in [1.807, 2.05) is 18.2 Å². The van der Waals surface area contributed by atoms with Gasteiger partial charge in [-0.1, -0.05) is 6.42 Å². The molecular formula is C21H24N6O2. The lowest BCUT2D eigenvalue weighted by Gasteiger charge is -2.38. The number of fused-ring (bicyclic) bond motifs is 1. The Hall–Kier alpha value is -3.00. The van der Waals surface area contributed by atoms with Crippen LogP contribution < -0.4 is 15.8 Å². The molecule has 0 bridgehead atoms. The molecule has 1 saturated carbocycles. The van der Waals surface area contributed by atoms with Crippen LogP contribution in [0, 0.1) is 5.41 Å². The number of rotatable bonds is 5. The van der Waals surface area contributed by atoms with Crippen molar-refractivity contribution >= 4 is 22.4 Å². The maximum atomic E-state index is 12.3. The summed E-state index contributed by atoms with van der Waals surface area (Å²) < 4.78 is 1.34. The first-order valence-electron chi connectivity index (χ1n) is 10.1. The monoisotopic (exact) mass is 392 g/mol. The fourth-order valence-electron chi connectivity index (χ4n) is 4.42. The Morgan fingerprint density at radius 1 is 1.21 bits per heavy atom. The first-order valence-corrected chi connectivity index (χ1v) is 10.1. The quantitative estimate of drug-likeness (QED) is 0.641. The van der Waals surface area contributed by atoms with Gasteiger partial charge in [0.05, 0.1) is 12.1 Å². The van der Waals surface area contributed by atoms with Gasteiger partial charge in [0, 0.05) is 36.4 Å².